The molecule has 3 aromatic carbocycles. The molecule has 0 unspecified atom stereocenters. The third kappa shape index (κ3) is 4.29. The lowest BCUT2D eigenvalue weighted by atomic mass is 10.1. The summed E-state index contributed by atoms with van der Waals surface area (Å²) in [7, 11) is 1.68. The molecule has 3 aromatic rings. The molecule has 0 saturated carbocycles. The molecule has 0 aliphatic heterocycles. The summed E-state index contributed by atoms with van der Waals surface area (Å²) < 4.78 is 7.31. The highest BCUT2D eigenvalue weighted by Gasteiger charge is 2.19. The Labute approximate surface area is 179 Å². The van der Waals surface area contributed by atoms with Crippen molar-refractivity contribution in [1.82, 2.24) is 0 Å². The van der Waals surface area contributed by atoms with Crippen molar-refractivity contribution in [1.29, 1.82) is 0 Å². The highest BCUT2D eigenvalue weighted by Crippen LogP contribution is 2.30. The fourth-order valence-corrected chi connectivity index (χ4v) is 4.23. The summed E-state index contributed by atoms with van der Waals surface area (Å²) in [5, 5.41) is 10.2. The van der Waals surface area contributed by atoms with Gasteiger partial charge in [0.1, 0.15) is 17.2 Å². The number of rotatable bonds is 4. The van der Waals surface area contributed by atoms with E-state index in [-0.39, 0.29) is 17.2 Å². The lowest BCUT2D eigenvalue weighted by molar-refractivity contribution is 0.0990. The van der Waals surface area contributed by atoms with Crippen LogP contribution in [0.3, 0.4) is 0 Å². The van der Waals surface area contributed by atoms with Crippen molar-refractivity contribution in [2.24, 2.45) is 0 Å². The molecule has 0 heterocycles. The van der Waals surface area contributed by atoms with Gasteiger partial charge in [-0.25, -0.2) is 0 Å². The van der Waals surface area contributed by atoms with Crippen molar-refractivity contribution in [3.8, 4) is 17.2 Å². The average Bonchev–Trinajstić information content (AvgIpc) is 2.65. The summed E-state index contributed by atoms with van der Waals surface area (Å²) in [5.41, 5.74) is 0.997. The Morgan fingerprint density at radius 2 is 1.58 bits per heavy atom. The minimum atomic E-state index is -0.268. The predicted octanol–water partition coefficient (Wildman–Crippen LogP) is 5.67. The molecular formula is C20H15I2NO3. The normalized spacial score (nSPS) is 10.4. The van der Waals surface area contributed by atoms with E-state index in [0.29, 0.717) is 15.0 Å². The van der Waals surface area contributed by atoms with Gasteiger partial charge >= 0.3 is 0 Å². The topological polar surface area (TPSA) is 49.8 Å². The highest BCUT2D eigenvalue weighted by atomic mass is 127. The van der Waals surface area contributed by atoms with E-state index in [2.05, 4.69) is 22.6 Å². The van der Waals surface area contributed by atoms with Crippen LogP contribution in [0, 0.1) is 7.14 Å². The van der Waals surface area contributed by atoms with Crippen LogP contribution in [-0.4, -0.2) is 18.1 Å². The lowest BCUT2D eigenvalue weighted by Crippen LogP contribution is -2.26. The van der Waals surface area contributed by atoms with Crippen LogP contribution in [0.4, 0.5) is 5.69 Å². The molecule has 132 valence electrons. The number of phenols is 1. The van der Waals surface area contributed by atoms with E-state index >= 15 is 0 Å². The summed E-state index contributed by atoms with van der Waals surface area (Å²) in [6, 6.07) is 20.3. The van der Waals surface area contributed by atoms with Crippen LogP contribution in [0.5, 0.6) is 17.2 Å². The van der Waals surface area contributed by atoms with E-state index in [0.717, 1.165) is 9.32 Å². The number of ether oxygens (including phenoxy) is 1. The van der Waals surface area contributed by atoms with Gasteiger partial charge in [-0.15, -0.1) is 0 Å². The van der Waals surface area contributed by atoms with E-state index in [9.17, 15) is 9.90 Å². The van der Waals surface area contributed by atoms with Crippen LogP contribution in [0.15, 0.2) is 66.7 Å². The second-order valence-electron chi connectivity index (χ2n) is 5.56. The molecule has 0 radical (unpaired) electrons. The van der Waals surface area contributed by atoms with Crippen molar-refractivity contribution in [3.05, 3.63) is 79.4 Å². The molecule has 26 heavy (non-hydrogen) atoms. The van der Waals surface area contributed by atoms with Crippen molar-refractivity contribution in [2.45, 2.75) is 0 Å². The lowest BCUT2D eigenvalue weighted by Gasteiger charge is -2.19. The summed E-state index contributed by atoms with van der Waals surface area (Å²) >= 11 is 4.15. The first kappa shape index (κ1) is 19.0. The number of hydrogen-bond acceptors (Lipinski definition) is 3. The fraction of sp³-hybridized carbons (Fsp3) is 0.0500. The van der Waals surface area contributed by atoms with E-state index in [4.69, 9.17) is 4.74 Å². The monoisotopic (exact) mass is 571 g/mol. The van der Waals surface area contributed by atoms with Crippen molar-refractivity contribution in [2.75, 3.05) is 11.9 Å². The smallest absolute Gasteiger partial charge is 0.261 e. The van der Waals surface area contributed by atoms with Gasteiger partial charge in [0.25, 0.3) is 5.91 Å². The van der Waals surface area contributed by atoms with E-state index in [1.165, 1.54) is 4.90 Å². The van der Waals surface area contributed by atoms with Gasteiger partial charge in [-0.3, -0.25) is 4.79 Å². The summed E-state index contributed by atoms with van der Waals surface area (Å²) in [4.78, 5) is 14.3. The molecule has 1 amide bonds. The number of benzene rings is 3. The quantitative estimate of drug-likeness (QED) is 0.411. The van der Waals surface area contributed by atoms with Gasteiger partial charge in [0.2, 0.25) is 0 Å². The Balaban J connectivity index is 1.80. The third-order valence-electron chi connectivity index (χ3n) is 3.77. The summed E-state index contributed by atoms with van der Waals surface area (Å²) in [6.45, 7) is 0. The Kier molecular flexibility index (Phi) is 6.02. The maximum Gasteiger partial charge on any atom is 0.261 e. The molecule has 0 aliphatic carbocycles. The second kappa shape index (κ2) is 8.26. The average molecular weight is 571 g/mol. The summed E-state index contributed by atoms with van der Waals surface area (Å²) in [5.74, 6) is 1.18. The zero-order chi connectivity index (χ0) is 18.7. The molecule has 1 N–H and O–H groups in total. The van der Waals surface area contributed by atoms with Gasteiger partial charge in [-0.05, 0) is 93.7 Å². The SMILES string of the molecule is CN(C(=O)c1cc(I)cc(I)c1O)c1ccc(Oc2ccccc2)cc1. The first-order chi connectivity index (χ1) is 12.5. The Hall–Kier alpha value is -1.81. The maximum atomic E-state index is 12.8. The number of nitrogens with zero attached hydrogens (tertiary/aromatic N) is 1. The Bertz CT molecular complexity index is 928. The molecule has 0 bridgehead atoms. The number of amides is 1. The molecule has 0 aliphatic rings. The maximum absolute atomic E-state index is 12.8. The van der Waals surface area contributed by atoms with E-state index in [1.807, 2.05) is 83.3 Å². The van der Waals surface area contributed by atoms with Crippen LogP contribution in [0.1, 0.15) is 10.4 Å². The summed E-state index contributed by atoms with van der Waals surface area (Å²) in [6.07, 6.45) is 0. The van der Waals surface area contributed by atoms with Gasteiger partial charge in [-0.2, -0.15) is 0 Å². The Morgan fingerprint density at radius 3 is 2.23 bits per heavy atom. The number of phenolic OH excluding ortho intramolecular Hbond substituents is 1. The Morgan fingerprint density at radius 1 is 0.962 bits per heavy atom. The molecule has 0 fully saturated rings. The van der Waals surface area contributed by atoms with Crippen molar-refractivity contribution >= 4 is 56.8 Å². The van der Waals surface area contributed by atoms with Crippen LogP contribution in [0.25, 0.3) is 0 Å². The van der Waals surface area contributed by atoms with E-state index in [1.54, 1.807) is 13.1 Å². The number of hydrogen-bond donors (Lipinski definition) is 1. The molecule has 0 aromatic heterocycles. The predicted molar refractivity (Wildman–Crippen MR) is 119 cm³/mol. The highest BCUT2D eigenvalue weighted by molar-refractivity contribution is 14.1. The fourth-order valence-electron chi connectivity index (χ4n) is 2.39. The van der Waals surface area contributed by atoms with Crippen molar-refractivity contribution < 1.29 is 14.6 Å². The third-order valence-corrected chi connectivity index (χ3v) is 5.21. The van der Waals surface area contributed by atoms with Crippen LogP contribution < -0.4 is 9.64 Å². The molecule has 3 rings (SSSR count). The van der Waals surface area contributed by atoms with Gasteiger partial charge in [0.05, 0.1) is 9.13 Å². The number of carbonyl (C=O) groups is 1. The van der Waals surface area contributed by atoms with Gasteiger partial charge in [0.15, 0.2) is 0 Å². The molecule has 0 atom stereocenters. The first-order valence-corrected chi connectivity index (χ1v) is 9.90. The minimum absolute atomic E-state index is 0.00639. The molecular weight excluding hydrogens is 556 g/mol. The number of anilines is 1. The van der Waals surface area contributed by atoms with Crippen LogP contribution in [0.2, 0.25) is 0 Å². The molecule has 6 heteroatoms. The molecule has 0 saturated heterocycles. The minimum Gasteiger partial charge on any atom is -0.506 e. The zero-order valence-electron chi connectivity index (χ0n) is 13.8. The van der Waals surface area contributed by atoms with Crippen LogP contribution >= 0.6 is 45.2 Å². The van der Waals surface area contributed by atoms with Crippen LogP contribution in [-0.2, 0) is 0 Å². The van der Waals surface area contributed by atoms with Crippen molar-refractivity contribution in [3.63, 3.8) is 0 Å². The number of halogens is 2. The largest absolute Gasteiger partial charge is 0.506 e. The van der Waals surface area contributed by atoms with Gasteiger partial charge < -0.3 is 14.7 Å². The standard InChI is InChI=1S/C20H15I2NO3/c1-23(20(25)17-11-13(21)12-18(22)19(17)24)14-7-9-16(10-8-14)26-15-5-3-2-4-6-15/h2-12,24H,1H3. The molecule has 4 nitrogen and oxygen atoms in total. The van der Waals surface area contributed by atoms with E-state index < -0.39 is 0 Å². The second-order valence-corrected chi connectivity index (χ2v) is 7.96. The number of aromatic hydroxyl groups is 1. The number of para-hydroxylation sites is 1. The van der Waals surface area contributed by atoms with Gasteiger partial charge in [-0.1, -0.05) is 18.2 Å². The number of carbonyl (C=O) groups excluding carboxylic acids is 1. The van der Waals surface area contributed by atoms with Gasteiger partial charge in [0, 0.05) is 16.3 Å². The molecule has 0 spiro atoms. The first-order valence-electron chi connectivity index (χ1n) is 7.75. The zero-order valence-corrected chi connectivity index (χ0v) is 18.1.